The molecule has 1 heterocycles. The van der Waals surface area contributed by atoms with Crippen LogP contribution in [0, 0.1) is 0 Å². The number of anilines is 1. The lowest BCUT2D eigenvalue weighted by atomic mass is 10.4. The van der Waals surface area contributed by atoms with Gasteiger partial charge in [0.05, 0.1) is 0 Å². The summed E-state index contributed by atoms with van der Waals surface area (Å²) in [6, 6.07) is 0. The number of nitrogens with zero attached hydrogens (tertiary/aromatic N) is 2. The number of likely N-dealkylation sites (N-methyl/N-ethyl adjacent to an activating group) is 1. The molecular weight excluding hydrogens is 290 g/mol. The van der Waals surface area contributed by atoms with Gasteiger partial charge in [-0.05, 0) is 7.05 Å². The van der Waals surface area contributed by atoms with E-state index < -0.39 is 0 Å². The number of hydrogen-bond acceptors (Lipinski definition) is 4. The molecule has 7 heteroatoms. The van der Waals surface area contributed by atoms with Crippen LogP contribution in [-0.2, 0) is 6.42 Å². The number of aromatic amines is 1. The summed E-state index contributed by atoms with van der Waals surface area (Å²) in [6.07, 6.45) is 0.834. The van der Waals surface area contributed by atoms with Gasteiger partial charge in [-0.25, -0.2) is 0 Å². The average Bonchev–Trinajstić information content (AvgIpc) is 2.31. The zero-order valence-corrected chi connectivity index (χ0v) is 10.1. The molecule has 12 heavy (non-hydrogen) atoms. The number of H-pyrrole nitrogens is 1. The van der Waals surface area contributed by atoms with Crippen LogP contribution in [0.1, 0.15) is 5.82 Å². The fourth-order valence-corrected chi connectivity index (χ4v) is 0.665. The Hall–Kier alpha value is -0.140. The maximum absolute atomic E-state index is 5.28. The molecule has 0 saturated carbocycles. The van der Waals surface area contributed by atoms with Crippen LogP contribution in [0.3, 0.4) is 0 Å². The van der Waals surface area contributed by atoms with Crippen LogP contribution in [0.15, 0.2) is 0 Å². The second-order valence-corrected chi connectivity index (χ2v) is 1.99. The molecule has 0 atom stereocenters. The van der Waals surface area contributed by atoms with Crippen LogP contribution in [0.4, 0.5) is 5.95 Å². The summed E-state index contributed by atoms with van der Waals surface area (Å²) in [5.74, 6) is 1.14. The Kier molecular flexibility index (Phi) is 9.00. The molecule has 0 radical (unpaired) electrons. The monoisotopic (exact) mass is 301 g/mol. The van der Waals surface area contributed by atoms with Gasteiger partial charge in [-0.15, -0.1) is 39.1 Å². The second-order valence-electron chi connectivity index (χ2n) is 1.99. The van der Waals surface area contributed by atoms with Crippen LogP contribution in [0.25, 0.3) is 0 Å². The normalized spacial score (nSPS) is 8.42. The molecule has 0 aliphatic heterocycles. The van der Waals surface area contributed by atoms with Crippen molar-refractivity contribution in [3.8, 4) is 0 Å². The summed E-state index contributed by atoms with van der Waals surface area (Å²) in [4.78, 5) is 3.92. The third-order valence-corrected chi connectivity index (χ3v) is 1.16. The minimum absolute atomic E-state index is 0. The summed E-state index contributed by atoms with van der Waals surface area (Å²) in [7, 11) is 1.89. The van der Waals surface area contributed by atoms with Crippen LogP contribution < -0.4 is 11.1 Å². The van der Waals surface area contributed by atoms with E-state index in [0.717, 1.165) is 18.8 Å². The molecule has 1 aromatic rings. The summed E-state index contributed by atoms with van der Waals surface area (Å²) in [5.41, 5.74) is 5.28. The minimum Gasteiger partial charge on any atom is -0.367 e. The third kappa shape index (κ3) is 4.68. The Morgan fingerprint density at radius 2 is 2.17 bits per heavy atom. The van der Waals surface area contributed by atoms with E-state index in [1.165, 1.54) is 0 Å². The lowest BCUT2D eigenvalue weighted by Gasteiger charge is -1.91. The predicted molar refractivity (Wildman–Crippen MR) is 59.1 cm³/mol. The molecule has 0 spiro atoms. The van der Waals surface area contributed by atoms with Crippen LogP contribution in [0.2, 0.25) is 0 Å². The Balaban J connectivity index is 0. The van der Waals surface area contributed by atoms with Crippen molar-refractivity contribution in [2.45, 2.75) is 6.42 Å². The van der Waals surface area contributed by atoms with Crippen molar-refractivity contribution in [2.75, 3.05) is 19.3 Å². The smallest absolute Gasteiger partial charge is 0.239 e. The highest BCUT2D eigenvalue weighted by atomic mass is 79.9. The van der Waals surface area contributed by atoms with Crippen molar-refractivity contribution < 1.29 is 0 Å². The third-order valence-electron chi connectivity index (χ3n) is 1.16. The second kappa shape index (κ2) is 7.51. The molecule has 0 aliphatic carbocycles. The van der Waals surface area contributed by atoms with Crippen LogP contribution in [-0.4, -0.2) is 28.8 Å². The highest BCUT2D eigenvalue weighted by molar-refractivity contribution is 8.93. The topological polar surface area (TPSA) is 79.6 Å². The number of halogens is 2. The van der Waals surface area contributed by atoms with Gasteiger partial charge in [0.25, 0.3) is 0 Å². The highest BCUT2D eigenvalue weighted by Gasteiger charge is 1.96. The maximum Gasteiger partial charge on any atom is 0.239 e. The Bertz CT molecular complexity index is 201. The summed E-state index contributed by atoms with van der Waals surface area (Å²) < 4.78 is 0. The summed E-state index contributed by atoms with van der Waals surface area (Å²) >= 11 is 0. The van der Waals surface area contributed by atoms with Crippen molar-refractivity contribution in [2.24, 2.45) is 0 Å². The quantitative estimate of drug-likeness (QED) is 0.750. The number of aromatic nitrogens is 3. The zero-order chi connectivity index (χ0) is 7.40. The molecule has 5 nitrogen and oxygen atoms in total. The number of hydrogen-bond donors (Lipinski definition) is 3. The summed E-state index contributed by atoms with van der Waals surface area (Å²) in [6.45, 7) is 0.884. The first kappa shape index (κ1) is 14.4. The maximum atomic E-state index is 5.28. The van der Waals surface area contributed by atoms with Gasteiger partial charge in [0.2, 0.25) is 5.95 Å². The minimum atomic E-state index is 0. The molecule has 0 unspecified atom stereocenters. The first-order chi connectivity index (χ1) is 4.83. The molecule has 0 saturated heterocycles. The molecular formula is C5H13Br2N5. The number of nitrogens with two attached hydrogens (primary N) is 1. The fraction of sp³-hybridized carbons (Fsp3) is 0.600. The molecule has 1 rings (SSSR count). The predicted octanol–water partition coefficient (Wildman–Crippen LogP) is 0.305. The fourth-order valence-electron chi connectivity index (χ4n) is 0.665. The Labute approximate surface area is 92.1 Å². The van der Waals surface area contributed by atoms with Gasteiger partial charge < -0.3 is 11.1 Å². The molecule has 0 aliphatic rings. The number of rotatable bonds is 3. The van der Waals surface area contributed by atoms with E-state index in [9.17, 15) is 0 Å². The largest absolute Gasteiger partial charge is 0.367 e. The zero-order valence-electron chi connectivity index (χ0n) is 6.70. The van der Waals surface area contributed by atoms with Gasteiger partial charge >= 0.3 is 0 Å². The van der Waals surface area contributed by atoms with Crippen molar-refractivity contribution in [1.82, 2.24) is 20.5 Å². The lowest BCUT2D eigenvalue weighted by molar-refractivity contribution is 0.758. The number of nitrogens with one attached hydrogen (secondary N) is 2. The van der Waals surface area contributed by atoms with Crippen LogP contribution in [0.5, 0.6) is 0 Å². The highest BCUT2D eigenvalue weighted by Crippen LogP contribution is 1.91. The van der Waals surface area contributed by atoms with E-state index >= 15 is 0 Å². The standard InChI is InChI=1S/C5H11N5.2BrH/c1-7-3-2-4-8-5(6)10-9-4;;/h7H,2-3H2,1H3,(H3,6,8,9,10);2*1H. The van der Waals surface area contributed by atoms with Gasteiger partial charge in [-0.2, -0.15) is 4.98 Å². The molecule has 72 valence electrons. The van der Waals surface area contributed by atoms with Gasteiger partial charge in [-0.1, -0.05) is 0 Å². The van der Waals surface area contributed by atoms with Crippen molar-refractivity contribution in [1.29, 1.82) is 0 Å². The first-order valence-corrected chi connectivity index (χ1v) is 3.14. The molecule has 1 aromatic heterocycles. The van der Waals surface area contributed by atoms with E-state index in [0.29, 0.717) is 5.95 Å². The number of nitrogen functional groups attached to an aromatic ring is 1. The Morgan fingerprint density at radius 1 is 1.50 bits per heavy atom. The molecule has 0 bridgehead atoms. The van der Waals surface area contributed by atoms with Crippen molar-refractivity contribution in [3.63, 3.8) is 0 Å². The summed E-state index contributed by atoms with van der Waals surface area (Å²) in [5, 5.41) is 9.39. The van der Waals surface area contributed by atoms with Crippen molar-refractivity contribution in [3.05, 3.63) is 5.82 Å². The van der Waals surface area contributed by atoms with E-state index in [2.05, 4.69) is 20.5 Å². The van der Waals surface area contributed by atoms with E-state index in [1.807, 2.05) is 7.05 Å². The first-order valence-electron chi connectivity index (χ1n) is 3.14. The Morgan fingerprint density at radius 3 is 2.58 bits per heavy atom. The van der Waals surface area contributed by atoms with Gasteiger partial charge in [0, 0.05) is 13.0 Å². The molecule has 0 fully saturated rings. The molecule has 4 N–H and O–H groups in total. The van der Waals surface area contributed by atoms with Gasteiger partial charge in [-0.3, -0.25) is 5.10 Å². The SMILES string of the molecule is Br.Br.CNCCc1nc(N)n[nH]1. The van der Waals surface area contributed by atoms with E-state index in [1.54, 1.807) is 0 Å². The van der Waals surface area contributed by atoms with E-state index in [-0.39, 0.29) is 34.0 Å². The van der Waals surface area contributed by atoms with Gasteiger partial charge in [0.15, 0.2) is 0 Å². The van der Waals surface area contributed by atoms with E-state index in [4.69, 9.17) is 5.73 Å². The van der Waals surface area contributed by atoms with Gasteiger partial charge in [0.1, 0.15) is 5.82 Å². The van der Waals surface area contributed by atoms with Crippen LogP contribution >= 0.6 is 34.0 Å². The lowest BCUT2D eigenvalue weighted by Crippen LogP contribution is -2.11. The van der Waals surface area contributed by atoms with Crippen molar-refractivity contribution >= 4 is 39.9 Å². The average molecular weight is 303 g/mol. The molecule has 0 amide bonds. The molecule has 0 aromatic carbocycles.